The van der Waals surface area contributed by atoms with Crippen LogP contribution in [0.25, 0.3) is 11.1 Å². The van der Waals surface area contributed by atoms with Crippen LogP contribution in [0, 0.1) is 0 Å². The first-order valence-electron chi connectivity index (χ1n) is 11.1. The SMILES string of the molecule is CN(CCCC(=O)O)C(=O)c1cccc(NC(=O)OCC2c3ccccc3-c3ccccc32)c1. The van der Waals surface area contributed by atoms with Crippen LogP contribution in [-0.4, -0.2) is 48.2 Å². The molecule has 0 radical (unpaired) electrons. The van der Waals surface area contributed by atoms with Crippen molar-refractivity contribution in [2.75, 3.05) is 25.5 Å². The predicted octanol–water partition coefficient (Wildman–Crippen LogP) is 4.98. The fraction of sp³-hybridized carbons (Fsp3) is 0.222. The predicted molar refractivity (Wildman–Crippen MR) is 129 cm³/mol. The van der Waals surface area contributed by atoms with E-state index in [2.05, 4.69) is 29.6 Å². The van der Waals surface area contributed by atoms with Crippen LogP contribution >= 0.6 is 0 Å². The number of ether oxygens (including phenoxy) is 1. The van der Waals surface area contributed by atoms with E-state index >= 15 is 0 Å². The van der Waals surface area contributed by atoms with E-state index in [0.29, 0.717) is 24.2 Å². The van der Waals surface area contributed by atoms with Crippen molar-refractivity contribution in [3.63, 3.8) is 0 Å². The lowest BCUT2D eigenvalue weighted by atomic mass is 9.98. The summed E-state index contributed by atoms with van der Waals surface area (Å²) in [5, 5.41) is 11.5. The Hall–Kier alpha value is -4.13. The topological polar surface area (TPSA) is 95.9 Å². The molecular weight excluding hydrogens is 432 g/mol. The summed E-state index contributed by atoms with van der Waals surface area (Å²) in [6.45, 7) is 0.528. The van der Waals surface area contributed by atoms with Crippen LogP contribution in [0.5, 0.6) is 0 Å². The summed E-state index contributed by atoms with van der Waals surface area (Å²) in [4.78, 5) is 37.3. The first-order valence-corrected chi connectivity index (χ1v) is 11.1. The fourth-order valence-electron chi connectivity index (χ4n) is 4.27. The third kappa shape index (κ3) is 5.09. The largest absolute Gasteiger partial charge is 0.481 e. The average Bonchev–Trinajstić information content (AvgIpc) is 3.16. The van der Waals surface area contributed by atoms with Gasteiger partial charge in [0.15, 0.2) is 0 Å². The van der Waals surface area contributed by atoms with Gasteiger partial charge in [-0.25, -0.2) is 4.79 Å². The van der Waals surface area contributed by atoms with Gasteiger partial charge < -0.3 is 14.7 Å². The van der Waals surface area contributed by atoms with E-state index in [0.717, 1.165) is 22.3 Å². The molecular formula is C27H26N2O5. The lowest BCUT2D eigenvalue weighted by Crippen LogP contribution is -2.28. The highest BCUT2D eigenvalue weighted by Crippen LogP contribution is 2.44. The smallest absolute Gasteiger partial charge is 0.411 e. The molecule has 1 aliphatic rings. The van der Waals surface area contributed by atoms with E-state index in [-0.39, 0.29) is 24.9 Å². The lowest BCUT2D eigenvalue weighted by molar-refractivity contribution is -0.137. The summed E-state index contributed by atoms with van der Waals surface area (Å²) in [7, 11) is 1.62. The van der Waals surface area contributed by atoms with Gasteiger partial charge in [0.05, 0.1) is 0 Å². The molecule has 34 heavy (non-hydrogen) atoms. The molecule has 3 aromatic rings. The summed E-state index contributed by atoms with van der Waals surface area (Å²) in [5.74, 6) is -1.18. The van der Waals surface area contributed by atoms with Gasteiger partial charge in [-0.1, -0.05) is 54.6 Å². The van der Waals surface area contributed by atoms with Crippen LogP contribution in [0.1, 0.15) is 40.2 Å². The van der Waals surface area contributed by atoms with Crippen LogP contribution in [-0.2, 0) is 9.53 Å². The maximum Gasteiger partial charge on any atom is 0.411 e. The molecule has 7 heteroatoms. The number of anilines is 1. The number of rotatable bonds is 8. The van der Waals surface area contributed by atoms with E-state index in [4.69, 9.17) is 9.84 Å². The quantitative estimate of drug-likeness (QED) is 0.496. The van der Waals surface area contributed by atoms with Gasteiger partial charge in [0, 0.05) is 37.2 Å². The standard InChI is InChI=1S/C27H26N2O5/c1-29(15-7-14-25(30)31)26(32)18-8-6-9-19(16-18)28-27(33)34-17-24-22-12-4-2-10-20(22)21-11-3-5-13-23(21)24/h2-6,8-13,16,24H,7,14-15,17H2,1H3,(H,28,33)(H,30,31). The number of fused-ring (bicyclic) bond motifs is 3. The Morgan fingerprint density at radius 3 is 2.24 bits per heavy atom. The van der Waals surface area contributed by atoms with Gasteiger partial charge in [0.1, 0.15) is 6.61 Å². The number of aliphatic carboxylic acids is 1. The second kappa shape index (κ2) is 10.2. The number of carbonyl (C=O) groups excluding carboxylic acids is 2. The van der Waals surface area contributed by atoms with Gasteiger partial charge in [0.2, 0.25) is 0 Å². The van der Waals surface area contributed by atoms with Crippen molar-refractivity contribution in [1.82, 2.24) is 4.90 Å². The lowest BCUT2D eigenvalue weighted by Gasteiger charge is -2.17. The molecule has 0 aliphatic heterocycles. The van der Waals surface area contributed by atoms with Crippen molar-refractivity contribution in [2.45, 2.75) is 18.8 Å². The van der Waals surface area contributed by atoms with Crippen molar-refractivity contribution >= 4 is 23.7 Å². The van der Waals surface area contributed by atoms with Gasteiger partial charge in [0.25, 0.3) is 5.91 Å². The fourth-order valence-corrected chi connectivity index (χ4v) is 4.27. The minimum absolute atomic E-state index is 0.000992. The van der Waals surface area contributed by atoms with E-state index in [1.165, 1.54) is 4.90 Å². The van der Waals surface area contributed by atoms with Crippen molar-refractivity contribution in [1.29, 1.82) is 0 Å². The Morgan fingerprint density at radius 2 is 1.59 bits per heavy atom. The minimum Gasteiger partial charge on any atom is -0.481 e. The molecule has 174 valence electrons. The number of nitrogens with zero attached hydrogens (tertiary/aromatic N) is 1. The Morgan fingerprint density at radius 1 is 0.941 bits per heavy atom. The highest BCUT2D eigenvalue weighted by molar-refractivity contribution is 5.96. The van der Waals surface area contributed by atoms with E-state index in [1.807, 2.05) is 24.3 Å². The molecule has 0 saturated heterocycles. The van der Waals surface area contributed by atoms with Gasteiger partial charge in [-0.3, -0.25) is 14.9 Å². The molecule has 0 bridgehead atoms. The zero-order valence-electron chi connectivity index (χ0n) is 18.9. The van der Waals surface area contributed by atoms with Gasteiger partial charge in [-0.2, -0.15) is 0 Å². The third-order valence-corrected chi connectivity index (χ3v) is 5.93. The normalized spacial score (nSPS) is 11.9. The zero-order chi connectivity index (χ0) is 24.1. The van der Waals surface area contributed by atoms with E-state index < -0.39 is 12.1 Å². The highest BCUT2D eigenvalue weighted by atomic mass is 16.5. The Kier molecular flexibility index (Phi) is 6.92. The number of hydrogen-bond acceptors (Lipinski definition) is 4. The molecule has 0 heterocycles. The van der Waals surface area contributed by atoms with Crippen LogP contribution in [0.2, 0.25) is 0 Å². The van der Waals surface area contributed by atoms with Gasteiger partial charge >= 0.3 is 12.1 Å². The van der Waals surface area contributed by atoms with Crippen LogP contribution < -0.4 is 5.32 Å². The molecule has 3 aromatic carbocycles. The third-order valence-electron chi connectivity index (χ3n) is 5.93. The van der Waals surface area contributed by atoms with Crippen molar-refractivity contribution in [3.8, 4) is 11.1 Å². The second-order valence-corrected chi connectivity index (χ2v) is 8.26. The molecule has 2 amide bonds. The van der Waals surface area contributed by atoms with Crippen molar-refractivity contribution < 1.29 is 24.2 Å². The van der Waals surface area contributed by atoms with Crippen molar-refractivity contribution in [3.05, 3.63) is 89.5 Å². The molecule has 0 aromatic heterocycles. The molecule has 0 unspecified atom stereocenters. The van der Waals surface area contributed by atoms with Gasteiger partial charge in [-0.15, -0.1) is 0 Å². The molecule has 0 atom stereocenters. The highest BCUT2D eigenvalue weighted by Gasteiger charge is 2.29. The van der Waals surface area contributed by atoms with Crippen LogP contribution in [0.3, 0.4) is 0 Å². The Labute approximate surface area is 198 Å². The Balaban J connectivity index is 1.37. The van der Waals surface area contributed by atoms with Crippen LogP contribution in [0.15, 0.2) is 72.8 Å². The molecule has 2 N–H and O–H groups in total. The zero-order valence-corrected chi connectivity index (χ0v) is 18.9. The molecule has 4 rings (SSSR count). The summed E-state index contributed by atoms with van der Waals surface area (Å²) >= 11 is 0. The number of carboxylic acid groups (broad SMARTS) is 1. The van der Waals surface area contributed by atoms with E-state index in [9.17, 15) is 14.4 Å². The number of hydrogen-bond donors (Lipinski definition) is 2. The molecule has 0 saturated carbocycles. The van der Waals surface area contributed by atoms with E-state index in [1.54, 1.807) is 31.3 Å². The molecule has 0 fully saturated rings. The van der Waals surface area contributed by atoms with Crippen LogP contribution in [0.4, 0.5) is 10.5 Å². The number of carboxylic acids is 1. The summed E-state index contributed by atoms with van der Waals surface area (Å²) < 4.78 is 5.57. The molecule has 1 aliphatic carbocycles. The summed E-state index contributed by atoms with van der Waals surface area (Å²) in [6.07, 6.45) is -0.225. The first kappa shape index (κ1) is 23.0. The van der Waals surface area contributed by atoms with Gasteiger partial charge in [-0.05, 0) is 46.9 Å². The van der Waals surface area contributed by atoms with Crippen molar-refractivity contribution in [2.24, 2.45) is 0 Å². The monoisotopic (exact) mass is 458 g/mol. The summed E-state index contributed by atoms with van der Waals surface area (Å²) in [5.41, 5.74) is 5.43. The average molecular weight is 459 g/mol. The Bertz CT molecular complexity index is 1180. The number of benzene rings is 3. The molecule has 0 spiro atoms. The number of carbonyl (C=O) groups is 3. The summed E-state index contributed by atoms with van der Waals surface area (Å²) in [6, 6.07) is 22.8. The minimum atomic E-state index is -0.893. The number of amides is 2. The maximum absolute atomic E-state index is 12.6. The maximum atomic E-state index is 12.6. The second-order valence-electron chi connectivity index (χ2n) is 8.26. The number of nitrogens with one attached hydrogen (secondary N) is 1. The first-order chi connectivity index (χ1) is 16.4. The molecule has 7 nitrogen and oxygen atoms in total.